The average Bonchev–Trinajstić information content (AvgIpc) is 2.66. The predicted molar refractivity (Wildman–Crippen MR) is 59.8 cm³/mol. The number of aromatic nitrogens is 1. The number of ether oxygens (including phenoxy) is 2. The van der Waals surface area contributed by atoms with Gasteiger partial charge in [-0.05, 0) is 0 Å². The highest BCUT2D eigenvalue weighted by atomic mass is 35.5. The van der Waals surface area contributed by atoms with Crippen LogP contribution in [0.5, 0.6) is 0 Å². The van der Waals surface area contributed by atoms with Crippen molar-refractivity contribution in [1.29, 1.82) is 0 Å². The SMILES string of the molecule is COC(=O)Cc1c(Cl)[nH]c(C(=O)O)c1C(=O)OC. The van der Waals surface area contributed by atoms with Gasteiger partial charge >= 0.3 is 17.9 Å². The van der Waals surface area contributed by atoms with Crippen molar-refractivity contribution in [2.45, 2.75) is 6.42 Å². The summed E-state index contributed by atoms with van der Waals surface area (Å²) in [5.74, 6) is -2.93. The number of aromatic amines is 1. The lowest BCUT2D eigenvalue weighted by atomic mass is 10.1. The molecule has 0 bridgehead atoms. The van der Waals surface area contributed by atoms with Gasteiger partial charge in [0.05, 0.1) is 26.2 Å². The van der Waals surface area contributed by atoms with E-state index in [1.54, 1.807) is 0 Å². The van der Waals surface area contributed by atoms with Crippen molar-refractivity contribution in [3.8, 4) is 0 Å². The standard InChI is InChI=1S/C10H10ClNO6/c1-17-5(13)3-4-6(10(16)18-2)7(9(14)15)12-8(4)11/h12H,3H2,1-2H3,(H,14,15). The van der Waals surface area contributed by atoms with Crippen molar-refractivity contribution in [3.05, 3.63) is 22.0 Å². The summed E-state index contributed by atoms with van der Waals surface area (Å²) in [7, 11) is 2.26. The molecule has 0 aromatic carbocycles. The second-order valence-corrected chi connectivity index (χ2v) is 3.60. The van der Waals surface area contributed by atoms with Crippen molar-refractivity contribution in [2.24, 2.45) is 0 Å². The van der Waals surface area contributed by atoms with Gasteiger partial charge in [-0.25, -0.2) is 9.59 Å². The third-order valence-corrected chi connectivity index (χ3v) is 2.53. The number of rotatable bonds is 4. The highest BCUT2D eigenvalue weighted by Crippen LogP contribution is 2.25. The molecule has 1 aromatic heterocycles. The number of hydrogen-bond acceptors (Lipinski definition) is 5. The number of hydrogen-bond donors (Lipinski definition) is 2. The lowest BCUT2D eigenvalue weighted by Gasteiger charge is -2.03. The van der Waals surface area contributed by atoms with E-state index in [4.69, 9.17) is 16.7 Å². The van der Waals surface area contributed by atoms with E-state index in [1.807, 2.05) is 0 Å². The molecular weight excluding hydrogens is 266 g/mol. The second-order valence-electron chi connectivity index (χ2n) is 3.22. The van der Waals surface area contributed by atoms with Gasteiger partial charge in [-0.2, -0.15) is 0 Å². The maximum Gasteiger partial charge on any atom is 0.353 e. The molecule has 1 aromatic rings. The Balaban J connectivity index is 3.35. The van der Waals surface area contributed by atoms with E-state index in [1.165, 1.54) is 7.11 Å². The molecule has 0 aliphatic heterocycles. The Labute approximate surface area is 107 Å². The molecule has 0 spiro atoms. The number of carboxylic acids is 1. The third kappa shape index (κ3) is 2.62. The smallest absolute Gasteiger partial charge is 0.353 e. The minimum atomic E-state index is -1.38. The maximum atomic E-state index is 11.5. The van der Waals surface area contributed by atoms with E-state index in [2.05, 4.69) is 14.5 Å². The van der Waals surface area contributed by atoms with Crippen LogP contribution in [0, 0.1) is 0 Å². The Kier molecular flexibility index (Phi) is 4.33. The Bertz CT molecular complexity index is 507. The summed E-state index contributed by atoms with van der Waals surface area (Å²) in [5.41, 5.74) is -0.668. The predicted octanol–water partition coefficient (Wildman–Crippen LogP) is 0.868. The molecule has 1 rings (SSSR count). The number of H-pyrrole nitrogens is 1. The average molecular weight is 276 g/mol. The van der Waals surface area contributed by atoms with Crippen LogP contribution in [0.3, 0.4) is 0 Å². The van der Waals surface area contributed by atoms with Crippen LogP contribution in [-0.4, -0.2) is 42.2 Å². The summed E-state index contributed by atoms with van der Waals surface area (Å²) in [6.07, 6.45) is -0.330. The molecule has 0 saturated heterocycles. The minimum absolute atomic E-state index is 0.0350. The van der Waals surface area contributed by atoms with E-state index in [0.29, 0.717) is 0 Å². The minimum Gasteiger partial charge on any atom is -0.477 e. The molecule has 0 aliphatic carbocycles. The fourth-order valence-corrected chi connectivity index (χ4v) is 1.63. The topological polar surface area (TPSA) is 106 Å². The molecule has 2 N–H and O–H groups in total. The first-order valence-corrected chi connectivity index (χ1v) is 5.08. The summed E-state index contributed by atoms with van der Waals surface area (Å²) in [6, 6.07) is 0. The van der Waals surface area contributed by atoms with Gasteiger partial charge < -0.3 is 19.6 Å². The van der Waals surface area contributed by atoms with E-state index < -0.39 is 23.6 Å². The first-order valence-electron chi connectivity index (χ1n) is 4.71. The first kappa shape index (κ1) is 14.0. The largest absolute Gasteiger partial charge is 0.477 e. The molecule has 0 aliphatic rings. The molecular formula is C10H10ClNO6. The molecule has 0 fully saturated rings. The van der Waals surface area contributed by atoms with Gasteiger partial charge in [0.15, 0.2) is 0 Å². The van der Waals surface area contributed by atoms with E-state index in [-0.39, 0.29) is 22.7 Å². The number of carbonyl (C=O) groups excluding carboxylic acids is 2. The van der Waals surface area contributed by atoms with Crippen molar-refractivity contribution < 1.29 is 29.0 Å². The van der Waals surface area contributed by atoms with Crippen molar-refractivity contribution in [2.75, 3.05) is 14.2 Å². The zero-order chi connectivity index (χ0) is 13.9. The van der Waals surface area contributed by atoms with Crippen LogP contribution in [0.15, 0.2) is 0 Å². The molecule has 0 amide bonds. The number of esters is 2. The Hall–Kier alpha value is -2.02. The molecule has 8 heteroatoms. The van der Waals surface area contributed by atoms with Gasteiger partial charge in [0.1, 0.15) is 10.8 Å². The summed E-state index contributed by atoms with van der Waals surface area (Å²) in [6.45, 7) is 0. The normalized spacial score (nSPS) is 9.94. The molecule has 0 radical (unpaired) electrons. The Morgan fingerprint density at radius 2 is 1.89 bits per heavy atom. The van der Waals surface area contributed by atoms with Gasteiger partial charge in [-0.15, -0.1) is 0 Å². The number of halogens is 1. The van der Waals surface area contributed by atoms with Gasteiger partial charge in [0.2, 0.25) is 0 Å². The molecule has 0 atom stereocenters. The first-order chi connectivity index (χ1) is 8.42. The summed E-state index contributed by atoms with van der Waals surface area (Å²) in [4.78, 5) is 36.0. The number of aromatic carboxylic acids is 1. The molecule has 7 nitrogen and oxygen atoms in total. The lowest BCUT2D eigenvalue weighted by Crippen LogP contribution is -2.13. The fraction of sp³-hybridized carbons (Fsp3) is 0.300. The number of nitrogens with one attached hydrogen (secondary N) is 1. The van der Waals surface area contributed by atoms with E-state index in [0.717, 1.165) is 7.11 Å². The van der Waals surface area contributed by atoms with Gasteiger partial charge in [-0.1, -0.05) is 11.6 Å². The zero-order valence-corrected chi connectivity index (χ0v) is 10.3. The molecule has 98 valence electrons. The van der Waals surface area contributed by atoms with Crippen LogP contribution < -0.4 is 0 Å². The Morgan fingerprint density at radius 3 is 2.33 bits per heavy atom. The second kappa shape index (κ2) is 5.54. The summed E-state index contributed by atoms with van der Waals surface area (Å²) >= 11 is 5.76. The van der Waals surface area contributed by atoms with Crippen LogP contribution in [0.2, 0.25) is 5.15 Å². The van der Waals surface area contributed by atoms with Crippen molar-refractivity contribution in [1.82, 2.24) is 4.98 Å². The number of carbonyl (C=O) groups is 3. The van der Waals surface area contributed by atoms with Gasteiger partial charge in [-0.3, -0.25) is 4.79 Å². The van der Waals surface area contributed by atoms with Crippen LogP contribution in [-0.2, 0) is 20.7 Å². The summed E-state index contributed by atoms with van der Waals surface area (Å²) < 4.78 is 8.90. The highest BCUT2D eigenvalue weighted by molar-refractivity contribution is 6.31. The van der Waals surface area contributed by atoms with Crippen molar-refractivity contribution in [3.63, 3.8) is 0 Å². The monoisotopic (exact) mass is 275 g/mol. The van der Waals surface area contributed by atoms with Gasteiger partial charge in [0, 0.05) is 5.56 Å². The van der Waals surface area contributed by atoms with Crippen LogP contribution in [0.25, 0.3) is 0 Å². The molecule has 18 heavy (non-hydrogen) atoms. The zero-order valence-electron chi connectivity index (χ0n) is 9.57. The highest BCUT2D eigenvalue weighted by Gasteiger charge is 2.28. The lowest BCUT2D eigenvalue weighted by molar-refractivity contribution is -0.139. The Morgan fingerprint density at radius 1 is 1.28 bits per heavy atom. The van der Waals surface area contributed by atoms with Crippen LogP contribution in [0.4, 0.5) is 0 Å². The van der Waals surface area contributed by atoms with Crippen LogP contribution >= 0.6 is 11.6 Å². The van der Waals surface area contributed by atoms with E-state index >= 15 is 0 Å². The van der Waals surface area contributed by atoms with Crippen LogP contribution in [0.1, 0.15) is 26.4 Å². The molecule has 0 saturated carbocycles. The summed E-state index contributed by atoms with van der Waals surface area (Å²) in [5, 5.41) is 8.81. The molecule has 0 unspecified atom stereocenters. The van der Waals surface area contributed by atoms with E-state index in [9.17, 15) is 14.4 Å². The number of methoxy groups -OCH3 is 2. The fourth-order valence-electron chi connectivity index (χ4n) is 1.38. The van der Waals surface area contributed by atoms with Gasteiger partial charge in [0.25, 0.3) is 0 Å². The van der Waals surface area contributed by atoms with Crippen molar-refractivity contribution >= 4 is 29.5 Å². The quantitative estimate of drug-likeness (QED) is 0.790. The third-order valence-electron chi connectivity index (χ3n) is 2.20. The number of carboxylic acid groups (broad SMARTS) is 1. The molecule has 1 heterocycles. The maximum absolute atomic E-state index is 11.5.